The standard InChI is InChI=1S/C17H15ClN2O3/c1-22-17-15(14(18)16(21)23-17)20-13-8-4-11(5-9-13)10-2-6-12(19)7-3-10/h2-9,17,20H,19H2,1H3. The number of methoxy groups -OCH3 is 1. The zero-order valence-corrected chi connectivity index (χ0v) is 13.1. The highest BCUT2D eigenvalue weighted by Gasteiger charge is 2.33. The number of hydrogen-bond acceptors (Lipinski definition) is 5. The molecule has 0 aliphatic carbocycles. The van der Waals surface area contributed by atoms with E-state index in [9.17, 15) is 4.79 Å². The first-order valence-electron chi connectivity index (χ1n) is 6.95. The van der Waals surface area contributed by atoms with Gasteiger partial charge in [-0.3, -0.25) is 0 Å². The molecule has 0 saturated carbocycles. The van der Waals surface area contributed by atoms with Gasteiger partial charge in [-0.05, 0) is 35.4 Å². The monoisotopic (exact) mass is 330 g/mol. The molecule has 0 bridgehead atoms. The molecule has 0 amide bonds. The lowest BCUT2D eigenvalue weighted by Crippen LogP contribution is -2.18. The average Bonchev–Trinajstić information content (AvgIpc) is 2.84. The van der Waals surface area contributed by atoms with Crippen LogP contribution >= 0.6 is 11.6 Å². The second-order valence-electron chi connectivity index (χ2n) is 5.02. The van der Waals surface area contributed by atoms with Crippen molar-refractivity contribution < 1.29 is 14.3 Å². The summed E-state index contributed by atoms with van der Waals surface area (Å²) in [6, 6.07) is 15.3. The Morgan fingerprint density at radius 3 is 2.22 bits per heavy atom. The number of cyclic esters (lactones) is 1. The van der Waals surface area contributed by atoms with Gasteiger partial charge in [0, 0.05) is 18.5 Å². The number of nitrogens with two attached hydrogens (primary N) is 1. The van der Waals surface area contributed by atoms with E-state index in [1.54, 1.807) is 0 Å². The molecule has 23 heavy (non-hydrogen) atoms. The van der Waals surface area contributed by atoms with Crippen molar-refractivity contribution in [1.82, 2.24) is 0 Å². The molecule has 0 fully saturated rings. The van der Waals surface area contributed by atoms with Crippen LogP contribution < -0.4 is 11.1 Å². The van der Waals surface area contributed by atoms with E-state index < -0.39 is 12.3 Å². The van der Waals surface area contributed by atoms with E-state index in [2.05, 4.69) is 5.32 Å². The van der Waals surface area contributed by atoms with Crippen molar-refractivity contribution in [3.63, 3.8) is 0 Å². The number of halogens is 1. The van der Waals surface area contributed by atoms with E-state index in [0.717, 1.165) is 22.5 Å². The van der Waals surface area contributed by atoms with Gasteiger partial charge in [0.25, 0.3) is 0 Å². The molecule has 1 aliphatic rings. The van der Waals surface area contributed by atoms with Crippen molar-refractivity contribution in [3.8, 4) is 11.1 Å². The second-order valence-corrected chi connectivity index (χ2v) is 5.40. The summed E-state index contributed by atoms with van der Waals surface area (Å²) in [4.78, 5) is 11.5. The minimum Gasteiger partial charge on any atom is -0.425 e. The van der Waals surface area contributed by atoms with Crippen LogP contribution in [0.4, 0.5) is 11.4 Å². The van der Waals surface area contributed by atoms with Crippen molar-refractivity contribution in [1.29, 1.82) is 0 Å². The van der Waals surface area contributed by atoms with E-state index >= 15 is 0 Å². The highest BCUT2D eigenvalue weighted by atomic mass is 35.5. The van der Waals surface area contributed by atoms with Crippen LogP contribution in [0.3, 0.4) is 0 Å². The molecule has 1 aliphatic heterocycles. The summed E-state index contributed by atoms with van der Waals surface area (Å²) < 4.78 is 10.1. The number of esters is 1. The first-order valence-corrected chi connectivity index (χ1v) is 7.32. The summed E-state index contributed by atoms with van der Waals surface area (Å²) in [7, 11) is 1.44. The molecule has 3 N–H and O–H groups in total. The maximum atomic E-state index is 11.5. The van der Waals surface area contributed by atoms with Crippen molar-refractivity contribution >= 4 is 28.9 Å². The number of carbonyl (C=O) groups excluding carboxylic acids is 1. The second kappa shape index (κ2) is 6.32. The fourth-order valence-corrected chi connectivity index (χ4v) is 2.46. The van der Waals surface area contributed by atoms with Crippen LogP contribution in [0.25, 0.3) is 11.1 Å². The number of benzene rings is 2. The maximum absolute atomic E-state index is 11.5. The summed E-state index contributed by atoms with van der Waals surface area (Å²) in [5, 5.41) is 3.07. The van der Waals surface area contributed by atoms with Crippen molar-refractivity contribution in [2.75, 3.05) is 18.2 Å². The van der Waals surface area contributed by atoms with Crippen molar-refractivity contribution in [3.05, 3.63) is 59.3 Å². The summed E-state index contributed by atoms with van der Waals surface area (Å²) in [5.41, 5.74) is 9.72. The number of nitrogens with one attached hydrogen (secondary N) is 1. The lowest BCUT2D eigenvalue weighted by Gasteiger charge is -2.14. The number of nitrogen functional groups attached to an aromatic ring is 1. The van der Waals surface area contributed by atoms with Gasteiger partial charge < -0.3 is 20.5 Å². The molecule has 6 heteroatoms. The Morgan fingerprint density at radius 1 is 1.09 bits per heavy atom. The minimum atomic E-state index is -0.813. The summed E-state index contributed by atoms with van der Waals surface area (Å²) >= 11 is 5.94. The molecule has 0 radical (unpaired) electrons. The van der Waals surface area contributed by atoms with Gasteiger partial charge in [-0.15, -0.1) is 0 Å². The molecular weight excluding hydrogens is 316 g/mol. The van der Waals surface area contributed by atoms with Crippen molar-refractivity contribution in [2.24, 2.45) is 0 Å². The third-order valence-electron chi connectivity index (χ3n) is 3.49. The van der Waals surface area contributed by atoms with Gasteiger partial charge in [0.1, 0.15) is 5.70 Å². The van der Waals surface area contributed by atoms with E-state index in [4.69, 9.17) is 26.8 Å². The third-order valence-corrected chi connectivity index (χ3v) is 3.85. The molecule has 3 rings (SSSR count). The molecule has 1 atom stereocenters. The molecule has 0 saturated heterocycles. The molecule has 1 unspecified atom stereocenters. The number of rotatable bonds is 4. The largest absolute Gasteiger partial charge is 0.425 e. The zero-order valence-electron chi connectivity index (χ0n) is 12.4. The fraction of sp³-hybridized carbons (Fsp3) is 0.118. The summed E-state index contributed by atoms with van der Waals surface area (Å²) in [5.74, 6) is -0.598. The lowest BCUT2D eigenvalue weighted by molar-refractivity contribution is -0.155. The summed E-state index contributed by atoms with van der Waals surface area (Å²) in [6.45, 7) is 0. The number of carbonyl (C=O) groups is 1. The Bertz CT molecular complexity index is 754. The molecular formula is C17H15ClN2O3. The van der Waals surface area contributed by atoms with E-state index in [0.29, 0.717) is 5.70 Å². The normalized spacial score (nSPS) is 17.3. The fourth-order valence-electron chi connectivity index (χ4n) is 2.28. The number of anilines is 2. The predicted molar refractivity (Wildman–Crippen MR) is 89.7 cm³/mol. The van der Waals surface area contributed by atoms with Gasteiger partial charge in [-0.1, -0.05) is 35.9 Å². The van der Waals surface area contributed by atoms with Gasteiger partial charge in [0.05, 0.1) is 0 Å². The van der Waals surface area contributed by atoms with Crippen LogP contribution in [0.5, 0.6) is 0 Å². The molecule has 2 aromatic rings. The maximum Gasteiger partial charge on any atom is 0.354 e. The number of hydrogen-bond donors (Lipinski definition) is 2. The first-order chi connectivity index (χ1) is 11.1. The molecule has 1 heterocycles. The predicted octanol–water partition coefficient (Wildman–Crippen LogP) is 3.33. The van der Waals surface area contributed by atoms with E-state index in [-0.39, 0.29) is 5.03 Å². The Kier molecular flexibility index (Phi) is 4.23. The van der Waals surface area contributed by atoms with Gasteiger partial charge in [0.15, 0.2) is 5.03 Å². The topological polar surface area (TPSA) is 73.6 Å². The van der Waals surface area contributed by atoms with Crippen LogP contribution in [0.15, 0.2) is 59.3 Å². The van der Waals surface area contributed by atoms with E-state index in [1.807, 2.05) is 48.5 Å². The molecule has 0 aromatic heterocycles. The van der Waals surface area contributed by atoms with Crippen LogP contribution in [0, 0.1) is 0 Å². The third kappa shape index (κ3) is 3.16. The Labute approximate surface area is 138 Å². The van der Waals surface area contributed by atoms with E-state index in [1.165, 1.54) is 7.11 Å². The molecule has 2 aromatic carbocycles. The highest BCUT2D eigenvalue weighted by molar-refractivity contribution is 6.42. The van der Waals surface area contributed by atoms with Gasteiger partial charge in [0.2, 0.25) is 6.29 Å². The Morgan fingerprint density at radius 2 is 1.65 bits per heavy atom. The first kappa shape index (κ1) is 15.4. The average molecular weight is 331 g/mol. The Hall–Kier alpha value is -2.50. The molecule has 118 valence electrons. The molecule has 0 spiro atoms. The highest BCUT2D eigenvalue weighted by Crippen LogP contribution is 2.29. The SMILES string of the molecule is COC1OC(=O)C(Cl)=C1Nc1ccc(-c2ccc(N)cc2)cc1. The van der Waals surface area contributed by atoms with Gasteiger partial charge in [-0.25, -0.2) is 4.79 Å². The van der Waals surface area contributed by atoms with Crippen LogP contribution in [0.2, 0.25) is 0 Å². The Balaban J connectivity index is 1.80. The number of ether oxygens (including phenoxy) is 2. The lowest BCUT2D eigenvalue weighted by atomic mass is 10.1. The minimum absolute atomic E-state index is 0.000499. The van der Waals surface area contributed by atoms with Crippen molar-refractivity contribution in [2.45, 2.75) is 6.29 Å². The van der Waals surface area contributed by atoms with Gasteiger partial charge >= 0.3 is 5.97 Å². The van der Waals surface area contributed by atoms with Crippen LogP contribution in [0.1, 0.15) is 0 Å². The van der Waals surface area contributed by atoms with Crippen LogP contribution in [-0.4, -0.2) is 19.4 Å². The zero-order chi connectivity index (χ0) is 16.4. The van der Waals surface area contributed by atoms with Crippen LogP contribution in [-0.2, 0) is 14.3 Å². The smallest absolute Gasteiger partial charge is 0.354 e. The van der Waals surface area contributed by atoms with Gasteiger partial charge in [-0.2, -0.15) is 0 Å². The quantitative estimate of drug-likeness (QED) is 0.664. The summed E-state index contributed by atoms with van der Waals surface area (Å²) in [6.07, 6.45) is -0.813. The molecule has 5 nitrogen and oxygen atoms in total.